The number of aromatic hydroxyl groups is 1. The van der Waals surface area contributed by atoms with Crippen LogP contribution in [0, 0.1) is 41.4 Å². The number of sulfonamides is 1. The fraction of sp³-hybridized carbons (Fsp3) is 0.613. The van der Waals surface area contributed by atoms with E-state index >= 15 is 9.59 Å². The second kappa shape index (κ2) is 44.5. The summed E-state index contributed by atoms with van der Waals surface area (Å²) in [6.07, 6.45) is 4.52. The van der Waals surface area contributed by atoms with Crippen molar-refractivity contribution < 1.29 is 81.3 Å². The molecule has 113 heavy (non-hydrogen) atoms. The van der Waals surface area contributed by atoms with Gasteiger partial charge >= 0.3 is 5.97 Å². The van der Waals surface area contributed by atoms with Crippen molar-refractivity contribution in [3.05, 3.63) is 84.6 Å². The minimum Gasteiger partial charge on any atom is -0.507 e. The SMILES string of the molecule is C/C=C/C[C@@H](C)[C@@H](O)[C@@H]1C(=O)N[C@@H](CC)C(=O)N(C)CC(=O)N(C)[C@H](CC(C)C)C(=O)N[C@@H](C(C)C)C(=O)N(C)[C@H](CC(C)C)C(=O)N[C@H](C)C(=O)N[C@H](C)C(=O)N(C)[C@H](CC(C)C)C(=O)N(C)[C@H](CC(C)C)C(=O)N(C)[C@H](C(C)C)C(=O)N1C.O=C(O)c1cc(N=Nc2ccc(S(=O)(=O)Nc3ccccn3)cc2)ccc1O. The second-order valence-corrected chi connectivity index (χ2v) is 33.3. The molecular formula is C80H125N15O17S. The predicted octanol–water partition coefficient (Wildman–Crippen LogP) is 6.97. The molecule has 0 spiro atoms. The maximum absolute atomic E-state index is 15.1. The second-order valence-electron chi connectivity index (χ2n) is 31.6. The number of hydrogen-bond acceptors (Lipinski definition) is 19. The van der Waals surface area contributed by atoms with Crippen molar-refractivity contribution in [2.45, 2.75) is 228 Å². The molecule has 1 aromatic heterocycles. The van der Waals surface area contributed by atoms with Crippen LogP contribution < -0.4 is 26.0 Å². The number of likely N-dealkylation sites (N-methyl/N-ethyl adjacent to an activating group) is 7. The molecule has 1 fully saturated rings. The molecule has 2 aromatic carbocycles. The number of aromatic nitrogens is 1. The van der Waals surface area contributed by atoms with E-state index in [0.717, 1.165) is 9.80 Å². The standard InChI is InChI=1S/C62H111N11O12.C18H14N4O5S/c1-25-27-28-40(15)52(75)51-56(79)65-43(26-2)58(81)67(18)33-48(74)68(19)44(29-34(3)4)55(78)66-49(38(11)12)61(84)69(20)45(30-35(5)6)54(77)63-41(16)53(76)64-42(17)57(80)70(21)46(31-36(7)8)59(82)71(22)47(32-37(9)10)60(83)72(23)50(39(13)14)62(85)73(51)24;23-16-9-6-13(11-15(16)18(24)25)21-20-12-4-7-14(8-5-12)28(26,27)22-17-3-1-2-10-19-17/h25,27,34-47,49-52,75H,26,28-33H2,1-24H3,(H,63,77)(H,64,76)(H,65,79)(H,66,78);1-11,23H,(H,19,22)(H,24,25)/b27-25+;/t40-,41-,42-,43+,44-,45-,46-,47-,49+,50-,51-,52-;/m1./s1. The van der Waals surface area contributed by atoms with E-state index in [1.807, 2.05) is 61.5 Å². The van der Waals surface area contributed by atoms with E-state index in [0.29, 0.717) is 12.1 Å². The number of nitrogens with zero attached hydrogens (tertiary/aromatic N) is 10. The highest BCUT2D eigenvalue weighted by atomic mass is 32.2. The number of pyridine rings is 1. The zero-order valence-electron chi connectivity index (χ0n) is 70.3. The number of hydrogen-bond donors (Lipinski definition) is 8. The Bertz CT molecular complexity index is 3930. The minimum absolute atomic E-state index is 0.0229. The smallest absolute Gasteiger partial charge is 0.339 e. The van der Waals surface area contributed by atoms with Crippen molar-refractivity contribution in [2.24, 2.45) is 51.7 Å². The number of nitrogens with one attached hydrogen (secondary N) is 5. The Balaban J connectivity index is 0.000000974. The molecule has 0 saturated carbocycles. The van der Waals surface area contributed by atoms with E-state index in [4.69, 9.17) is 5.11 Å². The molecule has 11 amide bonds. The number of rotatable bonds is 21. The van der Waals surface area contributed by atoms with Gasteiger partial charge in [0.2, 0.25) is 65.0 Å². The number of carbonyl (C=O) groups excluding carboxylic acids is 11. The van der Waals surface area contributed by atoms with Gasteiger partial charge in [0.1, 0.15) is 77.5 Å². The van der Waals surface area contributed by atoms with E-state index in [-0.39, 0.29) is 83.5 Å². The lowest BCUT2D eigenvalue weighted by atomic mass is 9.91. The number of carbonyl (C=O) groups is 12. The van der Waals surface area contributed by atoms with Crippen LogP contribution >= 0.6 is 0 Å². The third-order valence-corrected chi connectivity index (χ3v) is 21.0. The zero-order chi connectivity index (χ0) is 86.1. The van der Waals surface area contributed by atoms with Crippen molar-refractivity contribution in [2.75, 3.05) is 60.6 Å². The van der Waals surface area contributed by atoms with Gasteiger partial charge in [0.05, 0.1) is 28.9 Å². The van der Waals surface area contributed by atoms with Crippen LogP contribution in [0.5, 0.6) is 5.75 Å². The highest BCUT2D eigenvalue weighted by Crippen LogP contribution is 2.29. The number of carboxylic acid groups (broad SMARTS) is 1. The van der Waals surface area contributed by atoms with Crippen LogP contribution in [0.15, 0.2) is 94.1 Å². The summed E-state index contributed by atoms with van der Waals surface area (Å²) in [5.41, 5.74) is 0.295. The van der Waals surface area contributed by atoms with E-state index in [9.17, 15) is 66.6 Å². The third kappa shape index (κ3) is 28.0. The molecule has 2 heterocycles. The summed E-state index contributed by atoms with van der Waals surface area (Å²) >= 11 is 0. The first-order chi connectivity index (χ1) is 52.6. The summed E-state index contributed by atoms with van der Waals surface area (Å²) in [5.74, 6) is -11.2. The average molecular weight is 1600 g/mol. The van der Waals surface area contributed by atoms with Crippen molar-refractivity contribution in [1.82, 2.24) is 60.6 Å². The van der Waals surface area contributed by atoms with Gasteiger partial charge in [-0.2, -0.15) is 10.2 Å². The fourth-order valence-electron chi connectivity index (χ4n) is 12.9. The monoisotopic (exact) mass is 1600 g/mol. The van der Waals surface area contributed by atoms with Crippen LogP contribution in [0.2, 0.25) is 0 Å². The maximum atomic E-state index is 15.1. The summed E-state index contributed by atoms with van der Waals surface area (Å²) in [5, 5.41) is 49.4. The van der Waals surface area contributed by atoms with Crippen LogP contribution in [0.1, 0.15) is 167 Å². The Labute approximate surface area is 667 Å². The Morgan fingerprint density at radius 3 is 1.53 bits per heavy atom. The normalized spacial score (nSPS) is 23.1. The van der Waals surface area contributed by atoms with Crippen LogP contribution in [-0.2, 0) is 62.8 Å². The fourth-order valence-corrected chi connectivity index (χ4v) is 13.9. The Kier molecular flexibility index (Phi) is 38.3. The first kappa shape index (κ1) is 97.3. The highest BCUT2D eigenvalue weighted by Gasteiger charge is 2.46. The number of allylic oxidation sites excluding steroid dienone is 2. The van der Waals surface area contributed by atoms with Gasteiger partial charge < -0.3 is 70.9 Å². The molecule has 33 heteroatoms. The zero-order valence-corrected chi connectivity index (χ0v) is 71.1. The number of azo groups is 1. The number of carboxylic acids is 1. The van der Waals surface area contributed by atoms with Gasteiger partial charge in [-0.25, -0.2) is 18.2 Å². The number of anilines is 1. The molecule has 628 valence electrons. The summed E-state index contributed by atoms with van der Waals surface area (Å²) in [7, 11) is 6.12. The molecule has 4 rings (SSSR count). The first-order valence-corrected chi connectivity index (χ1v) is 39.9. The number of aromatic carboxylic acids is 1. The highest BCUT2D eigenvalue weighted by molar-refractivity contribution is 7.92. The summed E-state index contributed by atoms with van der Waals surface area (Å²) in [4.78, 5) is 183. The predicted molar refractivity (Wildman–Crippen MR) is 429 cm³/mol. The number of aliphatic hydroxyl groups excluding tert-OH is 1. The molecule has 8 N–H and O–H groups in total. The molecule has 1 saturated heterocycles. The number of amides is 11. The number of benzene rings is 2. The van der Waals surface area contributed by atoms with E-state index < -0.39 is 172 Å². The van der Waals surface area contributed by atoms with Crippen LogP contribution in [0.3, 0.4) is 0 Å². The van der Waals surface area contributed by atoms with E-state index in [1.165, 1.54) is 142 Å². The van der Waals surface area contributed by atoms with Gasteiger partial charge in [-0.15, -0.1) is 0 Å². The van der Waals surface area contributed by atoms with Gasteiger partial charge in [0, 0.05) is 55.5 Å². The van der Waals surface area contributed by atoms with Gasteiger partial charge in [0.15, 0.2) is 0 Å². The third-order valence-electron chi connectivity index (χ3n) is 19.6. The Morgan fingerprint density at radius 1 is 0.558 bits per heavy atom. The molecule has 3 aromatic rings. The van der Waals surface area contributed by atoms with Crippen molar-refractivity contribution in [3.8, 4) is 5.75 Å². The lowest BCUT2D eigenvalue weighted by molar-refractivity contribution is -0.157. The summed E-state index contributed by atoms with van der Waals surface area (Å²) in [6.45, 7) is 29.3. The Morgan fingerprint density at radius 2 is 1.04 bits per heavy atom. The van der Waals surface area contributed by atoms with Gasteiger partial charge in [-0.3, -0.25) is 57.5 Å². The minimum atomic E-state index is -3.79. The van der Waals surface area contributed by atoms with E-state index in [1.54, 1.807) is 66.7 Å². The Hall–Kier alpha value is -9.92. The first-order valence-electron chi connectivity index (χ1n) is 38.4. The largest absolute Gasteiger partial charge is 0.507 e. The van der Waals surface area contributed by atoms with Crippen LogP contribution in [0.4, 0.5) is 17.2 Å². The topological polar surface area (TPSA) is 420 Å². The van der Waals surface area contributed by atoms with Gasteiger partial charge in [0.25, 0.3) is 10.0 Å². The van der Waals surface area contributed by atoms with Gasteiger partial charge in [-0.05, 0) is 155 Å². The molecule has 0 unspecified atom stereocenters. The molecule has 12 atom stereocenters. The molecule has 32 nitrogen and oxygen atoms in total. The quantitative estimate of drug-likeness (QED) is 0.0394. The molecule has 0 bridgehead atoms. The van der Waals surface area contributed by atoms with E-state index in [2.05, 4.69) is 41.2 Å². The number of phenols is 1. The van der Waals surface area contributed by atoms with Gasteiger partial charge in [-0.1, -0.05) is 115 Å². The van der Waals surface area contributed by atoms with Crippen LogP contribution in [0.25, 0.3) is 0 Å². The molecule has 1 aliphatic heterocycles. The molecule has 1 aliphatic rings. The maximum Gasteiger partial charge on any atom is 0.339 e. The van der Waals surface area contributed by atoms with Crippen molar-refractivity contribution >= 4 is 98.2 Å². The molecule has 0 radical (unpaired) electrons. The van der Waals surface area contributed by atoms with Crippen LogP contribution in [-0.4, -0.2) is 256 Å². The molecular weight excluding hydrogens is 1480 g/mol. The summed E-state index contributed by atoms with van der Waals surface area (Å²) < 4.78 is 27.0. The molecule has 0 aliphatic carbocycles. The van der Waals surface area contributed by atoms with Crippen molar-refractivity contribution in [1.29, 1.82) is 0 Å². The van der Waals surface area contributed by atoms with Crippen molar-refractivity contribution in [3.63, 3.8) is 0 Å². The average Bonchev–Trinajstić information content (AvgIpc) is 0.804. The lowest BCUT2D eigenvalue weighted by Crippen LogP contribution is -2.63. The number of aliphatic hydroxyl groups is 1. The summed E-state index contributed by atoms with van der Waals surface area (Å²) in [6, 6.07) is 1.95. The lowest BCUT2D eigenvalue weighted by Gasteiger charge is -2.41.